The van der Waals surface area contributed by atoms with Crippen LogP contribution in [0.1, 0.15) is 57.4 Å². The summed E-state index contributed by atoms with van der Waals surface area (Å²) in [4.78, 5) is 4.27. The van der Waals surface area contributed by atoms with Gasteiger partial charge in [0.1, 0.15) is 0 Å². The van der Waals surface area contributed by atoms with Crippen LogP contribution in [0.25, 0.3) is 0 Å². The van der Waals surface area contributed by atoms with Crippen molar-refractivity contribution < 1.29 is 0 Å². The molecule has 3 heteroatoms. The summed E-state index contributed by atoms with van der Waals surface area (Å²) in [6.07, 6.45) is 4.99. The Bertz CT molecular complexity index is 357. The summed E-state index contributed by atoms with van der Waals surface area (Å²) in [5.74, 6) is 0. The first-order chi connectivity index (χ1) is 9.24. The van der Waals surface area contributed by atoms with E-state index in [-0.39, 0.29) is 0 Å². The molecule has 1 aliphatic heterocycles. The monoisotopic (exact) mass is 280 g/mol. The van der Waals surface area contributed by atoms with Gasteiger partial charge in [-0.1, -0.05) is 33.3 Å². The van der Waals surface area contributed by atoms with Gasteiger partial charge in [-0.15, -0.1) is 11.3 Å². The Morgan fingerprint density at radius 2 is 2.16 bits per heavy atom. The van der Waals surface area contributed by atoms with Crippen LogP contribution in [0.2, 0.25) is 0 Å². The molecule has 1 aliphatic rings. The van der Waals surface area contributed by atoms with E-state index in [1.807, 2.05) is 11.3 Å². The van der Waals surface area contributed by atoms with Gasteiger partial charge in [-0.25, -0.2) is 0 Å². The Kier molecular flexibility index (Phi) is 5.43. The van der Waals surface area contributed by atoms with Gasteiger partial charge in [0.25, 0.3) is 0 Å². The number of thiophene rings is 1. The molecule has 0 aromatic carbocycles. The SMILES string of the molecule is CCCC(c1cccs1)N1CCNC(CC)(CC)C1. The predicted octanol–water partition coefficient (Wildman–Crippen LogP) is 4.05. The van der Waals surface area contributed by atoms with Crippen LogP contribution >= 0.6 is 11.3 Å². The number of nitrogens with one attached hydrogen (secondary N) is 1. The third-order valence-electron chi connectivity index (χ3n) is 4.63. The second-order valence-corrected chi connectivity index (χ2v) is 6.68. The van der Waals surface area contributed by atoms with Crippen molar-refractivity contribution in [2.24, 2.45) is 0 Å². The van der Waals surface area contributed by atoms with E-state index in [0.717, 1.165) is 6.54 Å². The zero-order valence-electron chi connectivity index (χ0n) is 12.6. The fourth-order valence-corrected chi connectivity index (χ4v) is 4.13. The lowest BCUT2D eigenvalue weighted by molar-refractivity contribution is 0.0823. The minimum absolute atomic E-state index is 0.335. The highest BCUT2D eigenvalue weighted by molar-refractivity contribution is 7.10. The average Bonchev–Trinajstić information content (AvgIpc) is 2.98. The molecule has 2 heterocycles. The fraction of sp³-hybridized carbons (Fsp3) is 0.750. The van der Waals surface area contributed by atoms with Crippen LogP contribution in [0, 0.1) is 0 Å². The number of rotatable bonds is 6. The quantitative estimate of drug-likeness (QED) is 0.845. The third kappa shape index (κ3) is 3.39. The molecule has 1 unspecified atom stereocenters. The lowest BCUT2D eigenvalue weighted by atomic mass is 9.89. The van der Waals surface area contributed by atoms with Crippen LogP contribution in [0.4, 0.5) is 0 Å². The molecular weight excluding hydrogens is 252 g/mol. The molecular formula is C16H28N2S. The van der Waals surface area contributed by atoms with Gasteiger partial charge in [0, 0.05) is 36.1 Å². The molecule has 0 spiro atoms. The molecule has 2 rings (SSSR count). The Morgan fingerprint density at radius 1 is 1.37 bits per heavy atom. The third-order valence-corrected chi connectivity index (χ3v) is 5.61. The molecule has 1 aromatic heterocycles. The van der Waals surface area contributed by atoms with Gasteiger partial charge >= 0.3 is 0 Å². The lowest BCUT2D eigenvalue weighted by Gasteiger charge is -2.46. The maximum absolute atomic E-state index is 3.77. The lowest BCUT2D eigenvalue weighted by Crippen LogP contribution is -2.60. The van der Waals surface area contributed by atoms with Crippen molar-refractivity contribution in [1.82, 2.24) is 10.2 Å². The number of piperazine rings is 1. The predicted molar refractivity (Wildman–Crippen MR) is 84.9 cm³/mol. The summed E-state index contributed by atoms with van der Waals surface area (Å²) in [7, 11) is 0. The largest absolute Gasteiger partial charge is 0.309 e. The highest BCUT2D eigenvalue weighted by Crippen LogP contribution is 2.32. The summed E-state index contributed by atoms with van der Waals surface area (Å²) in [6.45, 7) is 10.5. The van der Waals surface area contributed by atoms with Crippen molar-refractivity contribution in [1.29, 1.82) is 0 Å². The molecule has 108 valence electrons. The van der Waals surface area contributed by atoms with E-state index in [1.165, 1.54) is 38.8 Å². The smallest absolute Gasteiger partial charge is 0.0442 e. The molecule has 0 bridgehead atoms. The van der Waals surface area contributed by atoms with Crippen LogP contribution in [0.5, 0.6) is 0 Å². The number of hydrogen-bond donors (Lipinski definition) is 1. The zero-order chi connectivity index (χ0) is 13.7. The van der Waals surface area contributed by atoms with Crippen LogP contribution in [-0.4, -0.2) is 30.1 Å². The summed E-state index contributed by atoms with van der Waals surface area (Å²) < 4.78 is 0. The summed E-state index contributed by atoms with van der Waals surface area (Å²) in [6, 6.07) is 5.13. The van der Waals surface area contributed by atoms with Crippen molar-refractivity contribution in [2.45, 2.75) is 58.0 Å². The molecule has 1 saturated heterocycles. The van der Waals surface area contributed by atoms with Crippen LogP contribution in [-0.2, 0) is 0 Å². The second-order valence-electron chi connectivity index (χ2n) is 5.70. The molecule has 2 nitrogen and oxygen atoms in total. The Hall–Kier alpha value is -0.380. The van der Waals surface area contributed by atoms with Gasteiger partial charge in [0.15, 0.2) is 0 Å². The van der Waals surface area contributed by atoms with Crippen LogP contribution in [0.15, 0.2) is 17.5 Å². The topological polar surface area (TPSA) is 15.3 Å². The molecule has 0 saturated carbocycles. The molecule has 0 amide bonds. The maximum atomic E-state index is 3.77. The van der Waals surface area contributed by atoms with E-state index in [4.69, 9.17) is 0 Å². The molecule has 19 heavy (non-hydrogen) atoms. The van der Waals surface area contributed by atoms with Gasteiger partial charge < -0.3 is 5.32 Å². The number of nitrogens with zero attached hydrogens (tertiary/aromatic N) is 1. The number of hydrogen-bond acceptors (Lipinski definition) is 3. The van der Waals surface area contributed by atoms with E-state index >= 15 is 0 Å². The molecule has 1 fully saturated rings. The van der Waals surface area contributed by atoms with Crippen molar-refractivity contribution in [3.05, 3.63) is 22.4 Å². The van der Waals surface area contributed by atoms with Crippen molar-refractivity contribution in [3.63, 3.8) is 0 Å². The standard InChI is InChI=1S/C16H28N2S/c1-4-8-14(15-9-7-12-19-15)18-11-10-17-16(5-2,6-3)13-18/h7,9,12,14,17H,4-6,8,10-11,13H2,1-3H3. The molecule has 1 aromatic rings. The molecule has 1 atom stereocenters. The Morgan fingerprint density at radius 3 is 2.74 bits per heavy atom. The van der Waals surface area contributed by atoms with Gasteiger partial charge in [-0.2, -0.15) is 0 Å². The fourth-order valence-electron chi connectivity index (χ4n) is 3.24. The van der Waals surface area contributed by atoms with E-state index in [1.54, 1.807) is 4.88 Å². The first-order valence-corrected chi connectivity index (χ1v) is 8.65. The van der Waals surface area contributed by atoms with E-state index in [9.17, 15) is 0 Å². The van der Waals surface area contributed by atoms with Gasteiger partial charge in [0.2, 0.25) is 0 Å². The van der Waals surface area contributed by atoms with Gasteiger partial charge in [0.05, 0.1) is 0 Å². The van der Waals surface area contributed by atoms with E-state index in [2.05, 4.69) is 48.5 Å². The van der Waals surface area contributed by atoms with Gasteiger partial charge in [-0.05, 0) is 30.7 Å². The first kappa shape index (κ1) is 15.0. The molecule has 0 aliphatic carbocycles. The van der Waals surface area contributed by atoms with Crippen LogP contribution < -0.4 is 5.32 Å². The minimum Gasteiger partial charge on any atom is -0.309 e. The zero-order valence-corrected chi connectivity index (χ0v) is 13.4. The highest BCUT2D eigenvalue weighted by Gasteiger charge is 2.34. The summed E-state index contributed by atoms with van der Waals surface area (Å²) >= 11 is 1.92. The average molecular weight is 280 g/mol. The normalized spacial score (nSPS) is 21.4. The van der Waals surface area contributed by atoms with Crippen LogP contribution in [0.3, 0.4) is 0 Å². The Balaban J connectivity index is 2.13. The second kappa shape index (κ2) is 6.87. The van der Waals surface area contributed by atoms with Crippen molar-refractivity contribution in [2.75, 3.05) is 19.6 Å². The van der Waals surface area contributed by atoms with Gasteiger partial charge in [-0.3, -0.25) is 4.90 Å². The van der Waals surface area contributed by atoms with Crippen molar-refractivity contribution in [3.8, 4) is 0 Å². The first-order valence-electron chi connectivity index (χ1n) is 7.77. The summed E-state index contributed by atoms with van der Waals surface area (Å²) in [5, 5.41) is 5.98. The van der Waals surface area contributed by atoms with E-state index < -0.39 is 0 Å². The van der Waals surface area contributed by atoms with E-state index in [0.29, 0.717) is 11.6 Å². The molecule has 1 N–H and O–H groups in total. The Labute approximate surface area is 122 Å². The van der Waals surface area contributed by atoms with Crippen molar-refractivity contribution >= 4 is 11.3 Å². The molecule has 0 radical (unpaired) electrons. The maximum Gasteiger partial charge on any atom is 0.0442 e. The highest BCUT2D eigenvalue weighted by atomic mass is 32.1. The summed E-state index contributed by atoms with van der Waals surface area (Å²) in [5.41, 5.74) is 0.335. The minimum atomic E-state index is 0.335.